The Hall–Kier alpha value is -3.44. The number of halogens is 6. The third kappa shape index (κ3) is 5.38. The van der Waals surface area contributed by atoms with E-state index in [-0.39, 0.29) is 17.3 Å². The van der Waals surface area contributed by atoms with Crippen LogP contribution in [0, 0.1) is 6.92 Å². The summed E-state index contributed by atoms with van der Waals surface area (Å²) in [6.45, 7) is -1.82. The van der Waals surface area contributed by atoms with Gasteiger partial charge in [0.05, 0.1) is 6.54 Å². The number of furan rings is 1. The number of benzene rings is 1. The van der Waals surface area contributed by atoms with Crippen LogP contribution in [-0.4, -0.2) is 22.3 Å². The second kappa shape index (κ2) is 9.14. The Morgan fingerprint density at radius 1 is 1.10 bits per heavy atom. The number of aromatic nitrogens is 2. The minimum Gasteiger partial charge on any atom is -0.454 e. The number of alkyl halides is 6. The molecule has 1 N–H and O–H groups in total. The number of carbonyl (C=O) groups excluding carboxylic acids is 1. The smallest absolute Gasteiger partial charge is 0.387 e. The van der Waals surface area contributed by atoms with E-state index >= 15 is 0 Å². The number of hydrogen-bond acceptors (Lipinski definition) is 4. The average molecular weight is 447 g/mol. The van der Waals surface area contributed by atoms with Gasteiger partial charge < -0.3 is 14.5 Å². The molecule has 0 aliphatic rings. The predicted octanol–water partition coefficient (Wildman–Crippen LogP) is 5.56. The Balaban J connectivity index is 1.72. The highest BCUT2D eigenvalue weighted by Gasteiger charge is 2.22. The minimum atomic E-state index is -3.03. The first-order valence-electron chi connectivity index (χ1n) is 8.73. The summed E-state index contributed by atoms with van der Waals surface area (Å²) in [5, 5.41) is 5.96. The van der Waals surface area contributed by atoms with Crippen molar-refractivity contribution in [3.8, 4) is 5.75 Å². The van der Waals surface area contributed by atoms with E-state index in [2.05, 4.69) is 15.2 Å². The Labute approximate surface area is 171 Å². The highest BCUT2D eigenvalue weighted by atomic mass is 19.3. The third-order valence-electron chi connectivity index (χ3n) is 4.14. The number of hydrogen-bond donors (Lipinski definition) is 1. The zero-order valence-corrected chi connectivity index (χ0v) is 15.8. The molecule has 0 saturated carbocycles. The molecule has 0 atom stereocenters. The standard InChI is InChI=1S/C19H15F6N3O3/c1-9-6-10(31-19(24)25)2-4-12(9)26-18(29)15-5-3-11(30-15)8-28-14(17(22)23)7-13(27-28)16(20)21/h2-7,16-17,19H,8H2,1H3,(H,26,29). The van der Waals surface area contributed by atoms with Crippen LogP contribution in [0.5, 0.6) is 5.75 Å². The lowest BCUT2D eigenvalue weighted by Crippen LogP contribution is -2.12. The Kier molecular flexibility index (Phi) is 6.56. The maximum Gasteiger partial charge on any atom is 0.387 e. The number of rotatable bonds is 8. The highest BCUT2D eigenvalue weighted by Crippen LogP contribution is 2.26. The first-order chi connectivity index (χ1) is 14.6. The van der Waals surface area contributed by atoms with Gasteiger partial charge in [0.1, 0.15) is 22.9 Å². The van der Waals surface area contributed by atoms with Crippen LogP contribution < -0.4 is 10.1 Å². The lowest BCUT2D eigenvalue weighted by Gasteiger charge is -2.10. The number of amides is 1. The van der Waals surface area contributed by atoms with Gasteiger partial charge in [0.2, 0.25) is 0 Å². The van der Waals surface area contributed by atoms with Gasteiger partial charge in [0.15, 0.2) is 5.76 Å². The van der Waals surface area contributed by atoms with E-state index in [1.807, 2.05) is 0 Å². The lowest BCUT2D eigenvalue weighted by molar-refractivity contribution is -0.0498. The van der Waals surface area contributed by atoms with Crippen molar-refractivity contribution in [2.24, 2.45) is 0 Å². The van der Waals surface area contributed by atoms with Crippen LogP contribution >= 0.6 is 0 Å². The molecule has 2 heterocycles. The Morgan fingerprint density at radius 2 is 1.84 bits per heavy atom. The second-order valence-electron chi connectivity index (χ2n) is 6.33. The number of nitrogens with zero attached hydrogens (tertiary/aromatic N) is 2. The van der Waals surface area contributed by atoms with Crippen molar-refractivity contribution in [2.75, 3.05) is 5.32 Å². The van der Waals surface area contributed by atoms with Crippen molar-refractivity contribution < 1.29 is 40.3 Å². The molecule has 166 valence electrons. The van der Waals surface area contributed by atoms with Crippen molar-refractivity contribution in [3.63, 3.8) is 0 Å². The van der Waals surface area contributed by atoms with E-state index in [4.69, 9.17) is 4.42 Å². The van der Waals surface area contributed by atoms with Gasteiger partial charge in [-0.1, -0.05) is 0 Å². The van der Waals surface area contributed by atoms with E-state index in [0.29, 0.717) is 22.0 Å². The van der Waals surface area contributed by atoms with Gasteiger partial charge in [0, 0.05) is 5.69 Å². The van der Waals surface area contributed by atoms with Gasteiger partial charge in [-0.3, -0.25) is 9.48 Å². The molecule has 3 aromatic rings. The minimum absolute atomic E-state index is 0.0355. The van der Waals surface area contributed by atoms with Gasteiger partial charge in [0.25, 0.3) is 18.8 Å². The number of nitrogens with one attached hydrogen (secondary N) is 1. The first-order valence-corrected chi connectivity index (χ1v) is 8.73. The van der Waals surface area contributed by atoms with E-state index in [1.165, 1.54) is 30.3 Å². The summed E-state index contributed by atoms with van der Waals surface area (Å²) in [6, 6.07) is 7.11. The average Bonchev–Trinajstić information content (AvgIpc) is 3.31. The van der Waals surface area contributed by atoms with Crippen molar-refractivity contribution in [3.05, 3.63) is 64.9 Å². The van der Waals surface area contributed by atoms with Crippen LogP contribution in [0.15, 0.2) is 40.8 Å². The molecule has 0 unspecified atom stereocenters. The van der Waals surface area contributed by atoms with Crippen LogP contribution in [-0.2, 0) is 6.54 Å². The van der Waals surface area contributed by atoms with Crippen LogP contribution in [0.2, 0.25) is 0 Å². The van der Waals surface area contributed by atoms with Crippen LogP contribution in [0.25, 0.3) is 0 Å². The molecule has 12 heteroatoms. The third-order valence-corrected chi connectivity index (χ3v) is 4.14. The summed E-state index contributed by atoms with van der Waals surface area (Å²) in [4.78, 5) is 12.4. The molecule has 6 nitrogen and oxygen atoms in total. The van der Waals surface area contributed by atoms with Gasteiger partial charge in [-0.05, 0) is 48.9 Å². The number of carbonyl (C=O) groups is 1. The van der Waals surface area contributed by atoms with Crippen molar-refractivity contribution >= 4 is 11.6 Å². The van der Waals surface area contributed by atoms with E-state index in [1.54, 1.807) is 6.92 Å². The zero-order chi connectivity index (χ0) is 22.7. The molecule has 3 rings (SSSR count). The topological polar surface area (TPSA) is 69.3 Å². The summed E-state index contributed by atoms with van der Waals surface area (Å²) in [5.41, 5.74) is -0.761. The van der Waals surface area contributed by atoms with Gasteiger partial charge >= 0.3 is 6.61 Å². The SMILES string of the molecule is Cc1cc(OC(F)F)ccc1NC(=O)c1ccc(Cn2nc(C(F)F)cc2C(F)F)o1. The molecule has 31 heavy (non-hydrogen) atoms. The summed E-state index contributed by atoms with van der Waals surface area (Å²) < 4.78 is 86.4. The molecule has 0 aliphatic carbocycles. The van der Waals surface area contributed by atoms with Gasteiger partial charge in [-0.2, -0.15) is 13.9 Å². The lowest BCUT2D eigenvalue weighted by atomic mass is 10.2. The first kappa shape index (κ1) is 22.2. The monoisotopic (exact) mass is 447 g/mol. The number of ether oxygens (including phenoxy) is 1. The summed E-state index contributed by atoms with van der Waals surface area (Å²) in [6.07, 6.45) is -6.05. The normalized spacial score (nSPS) is 11.5. The quantitative estimate of drug-likeness (QED) is 0.459. The molecule has 1 amide bonds. The molecule has 0 spiro atoms. The maximum atomic E-state index is 13.1. The Bertz CT molecular complexity index is 1060. The van der Waals surface area contributed by atoms with E-state index in [9.17, 15) is 31.1 Å². The zero-order valence-electron chi connectivity index (χ0n) is 15.8. The molecule has 0 aliphatic heterocycles. The molecule has 0 radical (unpaired) electrons. The van der Waals surface area contributed by atoms with Crippen LogP contribution in [0.1, 0.15) is 46.1 Å². The van der Waals surface area contributed by atoms with Crippen LogP contribution in [0.4, 0.5) is 32.0 Å². The molecule has 0 fully saturated rings. The fourth-order valence-corrected chi connectivity index (χ4v) is 2.73. The predicted molar refractivity (Wildman–Crippen MR) is 95.7 cm³/mol. The van der Waals surface area contributed by atoms with E-state index in [0.717, 1.165) is 0 Å². The second-order valence-corrected chi connectivity index (χ2v) is 6.33. The van der Waals surface area contributed by atoms with Crippen LogP contribution in [0.3, 0.4) is 0 Å². The molecule has 0 bridgehead atoms. The molecular weight excluding hydrogens is 432 g/mol. The summed E-state index contributed by atoms with van der Waals surface area (Å²) in [7, 11) is 0. The maximum absolute atomic E-state index is 13.1. The fourth-order valence-electron chi connectivity index (χ4n) is 2.73. The molecule has 0 saturated heterocycles. The Morgan fingerprint density at radius 3 is 2.45 bits per heavy atom. The molecular formula is C19H15F6N3O3. The number of anilines is 1. The summed E-state index contributed by atoms with van der Waals surface area (Å²) in [5.74, 6) is -0.918. The van der Waals surface area contributed by atoms with Crippen molar-refractivity contribution in [2.45, 2.75) is 32.9 Å². The van der Waals surface area contributed by atoms with Gasteiger partial charge in [-0.15, -0.1) is 0 Å². The number of aryl methyl sites for hydroxylation is 1. The highest BCUT2D eigenvalue weighted by molar-refractivity contribution is 6.02. The van der Waals surface area contributed by atoms with Gasteiger partial charge in [-0.25, -0.2) is 17.6 Å². The van der Waals surface area contributed by atoms with Crippen molar-refractivity contribution in [1.82, 2.24) is 9.78 Å². The molecule has 2 aromatic heterocycles. The fraction of sp³-hybridized carbons (Fsp3) is 0.263. The largest absolute Gasteiger partial charge is 0.454 e. The molecule has 1 aromatic carbocycles. The summed E-state index contributed by atoms with van der Waals surface area (Å²) >= 11 is 0. The van der Waals surface area contributed by atoms with E-state index < -0.39 is 43.3 Å². The van der Waals surface area contributed by atoms with Crippen molar-refractivity contribution in [1.29, 1.82) is 0 Å².